The Labute approximate surface area is 60.2 Å². The molecule has 0 spiro atoms. The standard InChI is InChI=1S/C5H11NO3S/c6-4-2-1-3-5(4)10(7,8)9/h4-5H,1-3,6H2,(H,7,8,9)/t4-,5+/m0/s1. The Balaban J connectivity index is 2.74. The number of hydrogen-bond donors (Lipinski definition) is 2. The van der Waals surface area contributed by atoms with Gasteiger partial charge in [-0.25, -0.2) is 0 Å². The molecule has 1 saturated carbocycles. The lowest BCUT2D eigenvalue weighted by atomic mass is 10.3. The Hall–Kier alpha value is -0.130. The average Bonchev–Trinajstić information content (AvgIpc) is 2.11. The van der Waals surface area contributed by atoms with Crippen LogP contribution in [0, 0.1) is 0 Å². The molecule has 1 fully saturated rings. The van der Waals surface area contributed by atoms with E-state index in [1.165, 1.54) is 0 Å². The summed E-state index contributed by atoms with van der Waals surface area (Å²) in [5.41, 5.74) is 5.43. The summed E-state index contributed by atoms with van der Waals surface area (Å²) in [6, 6.07) is -0.366. The zero-order valence-corrected chi connectivity index (χ0v) is 6.34. The summed E-state index contributed by atoms with van der Waals surface area (Å²) in [4.78, 5) is 0. The molecule has 10 heavy (non-hydrogen) atoms. The van der Waals surface area contributed by atoms with Crippen LogP contribution in [0.1, 0.15) is 19.3 Å². The Kier molecular flexibility index (Phi) is 1.98. The van der Waals surface area contributed by atoms with E-state index in [1.807, 2.05) is 0 Å². The van der Waals surface area contributed by atoms with Gasteiger partial charge in [0.2, 0.25) is 0 Å². The van der Waals surface area contributed by atoms with Gasteiger partial charge in [-0.3, -0.25) is 4.55 Å². The van der Waals surface area contributed by atoms with E-state index >= 15 is 0 Å². The van der Waals surface area contributed by atoms with Crippen molar-refractivity contribution in [1.29, 1.82) is 0 Å². The second-order valence-corrected chi connectivity index (χ2v) is 4.28. The molecule has 1 aliphatic carbocycles. The lowest BCUT2D eigenvalue weighted by Gasteiger charge is -2.10. The Morgan fingerprint density at radius 1 is 1.40 bits per heavy atom. The normalized spacial score (nSPS) is 34.6. The van der Waals surface area contributed by atoms with Gasteiger partial charge in [0.1, 0.15) is 5.25 Å². The van der Waals surface area contributed by atoms with Crippen molar-refractivity contribution in [2.45, 2.75) is 30.6 Å². The third-order valence-electron chi connectivity index (χ3n) is 1.89. The molecule has 2 atom stereocenters. The maximum atomic E-state index is 10.5. The van der Waals surface area contributed by atoms with Crippen molar-refractivity contribution in [2.24, 2.45) is 5.73 Å². The summed E-state index contributed by atoms with van der Waals surface area (Å²) in [5.74, 6) is 0. The van der Waals surface area contributed by atoms with Crippen LogP contribution in [0.5, 0.6) is 0 Å². The van der Waals surface area contributed by atoms with Crippen LogP contribution in [0.4, 0.5) is 0 Å². The Morgan fingerprint density at radius 3 is 2.20 bits per heavy atom. The third-order valence-corrected chi connectivity index (χ3v) is 3.24. The molecule has 0 unspecified atom stereocenters. The van der Waals surface area contributed by atoms with E-state index in [-0.39, 0.29) is 6.04 Å². The van der Waals surface area contributed by atoms with Gasteiger partial charge < -0.3 is 5.73 Å². The van der Waals surface area contributed by atoms with Crippen LogP contribution < -0.4 is 5.73 Å². The molecule has 0 radical (unpaired) electrons. The molecule has 5 heteroatoms. The van der Waals surface area contributed by atoms with Crippen molar-refractivity contribution < 1.29 is 13.0 Å². The maximum Gasteiger partial charge on any atom is 0.269 e. The summed E-state index contributed by atoms with van der Waals surface area (Å²) in [6.45, 7) is 0. The summed E-state index contributed by atoms with van der Waals surface area (Å²) in [5, 5.41) is -0.715. The second kappa shape index (κ2) is 2.48. The average molecular weight is 165 g/mol. The van der Waals surface area contributed by atoms with Crippen LogP contribution >= 0.6 is 0 Å². The lowest BCUT2D eigenvalue weighted by molar-refractivity contribution is 0.460. The van der Waals surface area contributed by atoms with E-state index < -0.39 is 15.4 Å². The zero-order chi connectivity index (χ0) is 7.78. The van der Waals surface area contributed by atoms with Gasteiger partial charge >= 0.3 is 0 Å². The van der Waals surface area contributed by atoms with Crippen molar-refractivity contribution in [2.75, 3.05) is 0 Å². The highest BCUT2D eigenvalue weighted by atomic mass is 32.2. The minimum Gasteiger partial charge on any atom is -0.326 e. The second-order valence-electron chi connectivity index (χ2n) is 2.65. The fraction of sp³-hybridized carbons (Fsp3) is 1.00. The number of rotatable bonds is 1. The molecule has 0 amide bonds. The molecule has 1 rings (SSSR count). The minimum atomic E-state index is -3.88. The van der Waals surface area contributed by atoms with Crippen molar-refractivity contribution in [1.82, 2.24) is 0 Å². The van der Waals surface area contributed by atoms with Gasteiger partial charge in [-0.15, -0.1) is 0 Å². The van der Waals surface area contributed by atoms with E-state index in [2.05, 4.69) is 0 Å². The molecule has 60 valence electrons. The molecule has 4 nitrogen and oxygen atoms in total. The first-order chi connectivity index (χ1) is 4.52. The van der Waals surface area contributed by atoms with Crippen LogP contribution in [0.2, 0.25) is 0 Å². The predicted octanol–water partition coefficient (Wildman–Crippen LogP) is -0.246. The molecule has 0 bridgehead atoms. The van der Waals surface area contributed by atoms with E-state index in [9.17, 15) is 8.42 Å². The van der Waals surface area contributed by atoms with Gasteiger partial charge in [0.25, 0.3) is 10.1 Å². The highest BCUT2D eigenvalue weighted by Crippen LogP contribution is 2.22. The van der Waals surface area contributed by atoms with Crippen LogP contribution in [-0.2, 0) is 10.1 Å². The van der Waals surface area contributed by atoms with Crippen LogP contribution in [0.25, 0.3) is 0 Å². The maximum absolute atomic E-state index is 10.5. The highest BCUT2D eigenvalue weighted by Gasteiger charge is 2.33. The Morgan fingerprint density at radius 2 is 2.00 bits per heavy atom. The van der Waals surface area contributed by atoms with Gasteiger partial charge in [-0.1, -0.05) is 6.42 Å². The molecule has 3 N–H and O–H groups in total. The summed E-state index contributed by atoms with van der Waals surface area (Å²) in [6.07, 6.45) is 2.00. The molecular formula is C5H11NO3S. The van der Waals surface area contributed by atoms with E-state index in [1.54, 1.807) is 0 Å². The van der Waals surface area contributed by atoms with Crippen LogP contribution in [0.3, 0.4) is 0 Å². The van der Waals surface area contributed by atoms with Crippen LogP contribution in [-0.4, -0.2) is 24.3 Å². The van der Waals surface area contributed by atoms with E-state index in [0.29, 0.717) is 12.8 Å². The molecule has 0 saturated heterocycles. The molecule has 0 heterocycles. The van der Waals surface area contributed by atoms with Crippen molar-refractivity contribution >= 4 is 10.1 Å². The lowest BCUT2D eigenvalue weighted by Crippen LogP contribution is -2.35. The molecule has 0 aromatic rings. The predicted molar refractivity (Wildman–Crippen MR) is 37.2 cm³/mol. The smallest absolute Gasteiger partial charge is 0.269 e. The highest BCUT2D eigenvalue weighted by molar-refractivity contribution is 7.86. The Bertz CT molecular complexity index is 211. The summed E-state index contributed by atoms with van der Waals surface area (Å²) >= 11 is 0. The summed E-state index contributed by atoms with van der Waals surface area (Å²) in [7, 11) is -3.88. The van der Waals surface area contributed by atoms with Crippen molar-refractivity contribution in [3.8, 4) is 0 Å². The van der Waals surface area contributed by atoms with Gasteiger partial charge in [0.05, 0.1) is 0 Å². The zero-order valence-electron chi connectivity index (χ0n) is 5.53. The van der Waals surface area contributed by atoms with Crippen LogP contribution in [0.15, 0.2) is 0 Å². The number of hydrogen-bond acceptors (Lipinski definition) is 3. The molecule has 0 aliphatic heterocycles. The molecule has 0 aromatic heterocycles. The van der Waals surface area contributed by atoms with Gasteiger partial charge in [-0.05, 0) is 12.8 Å². The first kappa shape index (κ1) is 7.97. The minimum absolute atomic E-state index is 0.366. The SMILES string of the molecule is N[C@H]1CCC[C@H]1S(=O)(=O)O. The first-order valence-electron chi connectivity index (χ1n) is 3.23. The fourth-order valence-corrected chi connectivity index (χ4v) is 2.37. The fourth-order valence-electron chi connectivity index (χ4n) is 1.32. The third kappa shape index (κ3) is 1.47. The first-order valence-corrected chi connectivity index (χ1v) is 4.74. The van der Waals surface area contributed by atoms with Crippen molar-refractivity contribution in [3.63, 3.8) is 0 Å². The van der Waals surface area contributed by atoms with E-state index in [4.69, 9.17) is 10.3 Å². The molecule has 1 aliphatic rings. The topological polar surface area (TPSA) is 80.4 Å². The van der Waals surface area contributed by atoms with E-state index in [0.717, 1.165) is 6.42 Å². The molecule has 0 aromatic carbocycles. The quantitative estimate of drug-likeness (QED) is 0.525. The van der Waals surface area contributed by atoms with Gasteiger partial charge in [0, 0.05) is 6.04 Å². The summed E-state index contributed by atoms with van der Waals surface area (Å²) < 4.78 is 29.6. The largest absolute Gasteiger partial charge is 0.326 e. The monoisotopic (exact) mass is 165 g/mol. The van der Waals surface area contributed by atoms with Gasteiger partial charge in [0.15, 0.2) is 0 Å². The van der Waals surface area contributed by atoms with Crippen molar-refractivity contribution in [3.05, 3.63) is 0 Å². The van der Waals surface area contributed by atoms with Gasteiger partial charge in [-0.2, -0.15) is 8.42 Å². The number of nitrogens with two attached hydrogens (primary N) is 1. The molecular weight excluding hydrogens is 154 g/mol.